The van der Waals surface area contributed by atoms with E-state index in [0.29, 0.717) is 23.1 Å². The molecule has 2 aliphatic heterocycles. The lowest BCUT2D eigenvalue weighted by atomic mass is 10.0. The Morgan fingerprint density at radius 3 is 2.94 bits per heavy atom. The van der Waals surface area contributed by atoms with Crippen LogP contribution < -0.4 is 10.6 Å². The first kappa shape index (κ1) is 20.5. The van der Waals surface area contributed by atoms with Gasteiger partial charge < -0.3 is 14.6 Å². The maximum atomic E-state index is 12.7. The van der Waals surface area contributed by atoms with Crippen molar-refractivity contribution in [2.45, 2.75) is 32.0 Å². The van der Waals surface area contributed by atoms with Gasteiger partial charge in [-0.05, 0) is 41.8 Å². The normalized spacial score (nSPS) is 17.4. The maximum absolute atomic E-state index is 12.7. The van der Waals surface area contributed by atoms with E-state index in [1.807, 2.05) is 6.07 Å². The van der Waals surface area contributed by atoms with Gasteiger partial charge in [0.05, 0.1) is 0 Å². The van der Waals surface area contributed by atoms with Gasteiger partial charge >= 0.3 is 0 Å². The molecule has 33 heavy (non-hydrogen) atoms. The summed E-state index contributed by atoms with van der Waals surface area (Å²) in [4.78, 5) is 54.0. The van der Waals surface area contributed by atoms with Gasteiger partial charge in [0.15, 0.2) is 12.0 Å². The van der Waals surface area contributed by atoms with Crippen LogP contribution in [0.5, 0.6) is 0 Å². The number of nitrogens with one attached hydrogen (secondary N) is 2. The van der Waals surface area contributed by atoms with Crippen molar-refractivity contribution in [1.29, 1.82) is 0 Å². The van der Waals surface area contributed by atoms with Crippen LogP contribution in [-0.4, -0.2) is 39.6 Å². The number of aromatic nitrogens is 1. The van der Waals surface area contributed by atoms with E-state index < -0.39 is 17.9 Å². The smallest absolute Gasteiger partial charge is 0.296 e. The molecule has 9 nitrogen and oxygen atoms in total. The van der Waals surface area contributed by atoms with Crippen molar-refractivity contribution in [1.82, 2.24) is 20.5 Å². The highest BCUT2D eigenvalue weighted by atomic mass is 16.3. The van der Waals surface area contributed by atoms with E-state index in [0.717, 1.165) is 16.6 Å². The zero-order chi connectivity index (χ0) is 22.9. The number of hydrogen-bond acceptors (Lipinski definition) is 6. The van der Waals surface area contributed by atoms with Crippen molar-refractivity contribution in [3.8, 4) is 11.8 Å². The van der Waals surface area contributed by atoms with E-state index in [-0.39, 0.29) is 31.3 Å². The predicted molar refractivity (Wildman–Crippen MR) is 115 cm³/mol. The number of imide groups is 1. The third kappa shape index (κ3) is 4.06. The average molecular weight is 442 g/mol. The summed E-state index contributed by atoms with van der Waals surface area (Å²) < 4.78 is 5.23. The van der Waals surface area contributed by atoms with Crippen LogP contribution in [0.2, 0.25) is 0 Å². The van der Waals surface area contributed by atoms with Gasteiger partial charge in [0, 0.05) is 36.6 Å². The summed E-state index contributed by atoms with van der Waals surface area (Å²) in [7, 11) is 0. The molecule has 1 saturated heterocycles. The molecular weight excluding hydrogens is 424 g/mol. The van der Waals surface area contributed by atoms with Crippen LogP contribution in [0.4, 0.5) is 0 Å². The van der Waals surface area contributed by atoms with Crippen LogP contribution in [0.15, 0.2) is 47.2 Å². The highest BCUT2D eigenvalue weighted by molar-refractivity contribution is 6.05. The number of oxazole rings is 1. The summed E-state index contributed by atoms with van der Waals surface area (Å²) in [5.41, 5.74) is 4.07. The third-order valence-electron chi connectivity index (χ3n) is 5.69. The molecule has 1 atom stereocenters. The number of piperidine rings is 1. The number of nitrogens with zero attached hydrogens (tertiary/aromatic N) is 2. The topological polar surface area (TPSA) is 122 Å². The Kier molecular flexibility index (Phi) is 5.11. The molecule has 3 aromatic rings. The van der Waals surface area contributed by atoms with Gasteiger partial charge in [-0.15, -0.1) is 0 Å². The number of rotatable bonds is 3. The molecule has 164 valence electrons. The molecular formula is C24H18N4O5. The molecule has 2 aromatic carbocycles. The second-order valence-corrected chi connectivity index (χ2v) is 7.86. The van der Waals surface area contributed by atoms with Gasteiger partial charge in [0.1, 0.15) is 11.6 Å². The quantitative estimate of drug-likeness (QED) is 0.465. The number of hydrogen-bond donors (Lipinski definition) is 2. The molecule has 2 aliphatic rings. The number of carbonyl (C=O) groups is 4. The van der Waals surface area contributed by atoms with Crippen molar-refractivity contribution in [3.63, 3.8) is 0 Å². The van der Waals surface area contributed by atoms with E-state index in [1.54, 1.807) is 30.3 Å². The lowest BCUT2D eigenvalue weighted by Gasteiger charge is -2.29. The zero-order valence-corrected chi connectivity index (χ0v) is 17.4. The van der Waals surface area contributed by atoms with Crippen LogP contribution in [0.3, 0.4) is 0 Å². The maximum Gasteiger partial charge on any atom is 0.296 e. The Morgan fingerprint density at radius 2 is 2.09 bits per heavy atom. The first-order valence-electron chi connectivity index (χ1n) is 10.4. The van der Waals surface area contributed by atoms with E-state index in [4.69, 9.17) is 4.42 Å². The van der Waals surface area contributed by atoms with Crippen LogP contribution in [0, 0.1) is 11.8 Å². The Hall–Kier alpha value is -4.45. The first-order valence-corrected chi connectivity index (χ1v) is 10.4. The van der Waals surface area contributed by atoms with Gasteiger partial charge in [-0.2, -0.15) is 0 Å². The SMILES string of the molecule is O=C(C#Cc1ccc2ncoc2c1)NCc1ccc2c(c1)CN(C1CCC(=O)NC1=O)C2=O. The second kappa shape index (κ2) is 8.24. The molecule has 1 unspecified atom stereocenters. The van der Waals surface area contributed by atoms with E-state index in [2.05, 4.69) is 27.5 Å². The van der Waals surface area contributed by atoms with Gasteiger partial charge in [0.2, 0.25) is 11.8 Å². The number of benzene rings is 2. The molecule has 0 radical (unpaired) electrons. The molecule has 3 heterocycles. The van der Waals surface area contributed by atoms with E-state index >= 15 is 0 Å². The molecule has 9 heteroatoms. The monoisotopic (exact) mass is 442 g/mol. The fourth-order valence-electron chi connectivity index (χ4n) is 4.03. The van der Waals surface area contributed by atoms with Crippen LogP contribution >= 0.6 is 0 Å². The minimum atomic E-state index is -0.655. The summed E-state index contributed by atoms with van der Waals surface area (Å²) in [6.07, 6.45) is 1.87. The molecule has 4 amide bonds. The van der Waals surface area contributed by atoms with Gasteiger partial charge in [-0.3, -0.25) is 24.5 Å². The minimum Gasteiger partial charge on any atom is -0.443 e. The van der Waals surface area contributed by atoms with E-state index in [1.165, 1.54) is 11.3 Å². The van der Waals surface area contributed by atoms with Crippen LogP contribution in [0.1, 0.15) is 39.9 Å². The lowest BCUT2D eigenvalue weighted by molar-refractivity contribution is -0.137. The molecule has 1 fully saturated rings. The molecule has 0 spiro atoms. The third-order valence-corrected chi connectivity index (χ3v) is 5.69. The van der Waals surface area contributed by atoms with Crippen molar-refractivity contribution in [3.05, 3.63) is 65.0 Å². The zero-order valence-electron chi connectivity index (χ0n) is 17.4. The molecule has 0 saturated carbocycles. The Bertz CT molecular complexity index is 1380. The molecule has 0 bridgehead atoms. The van der Waals surface area contributed by atoms with E-state index in [9.17, 15) is 19.2 Å². The fourth-order valence-corrected chi connectivity index (χ4v) is 4.03. The molecule has 5 rings (SSSR count). The predicted octanol–water partition coefficient (Wildman–Crippen LogP) is 1.26. The van der Waals surface area contributed by atoms with Crippen LogP contribution in [-0.2, 0) is 27.5 Å². The Labute approximate surface area is 188 Å². The summed E-state index contributed by atoms with van der Waals surface area (Å²) in [5, 5.41) is 5.03. The fraction of sp³-hybridized carbons (Fsp3) is 0.208. The Balaban J connectivity index is 1.22. The standard InChI is InChI=1S/C24H18N4O5/c29-21(7-3-14-2-5-18-20(10-14)33-13-26-18)25-11-15-1-4-17-16(9-15)12-28(24(17)32)19-6-8-22(30)27-23(19)31/h1-2,4-5,9-10,13,19H,6,8,11-12H2,(H,25,29)(H,27,30,31). The summed E-state index contributed by atoms with van der Waals surface area (Å²) in [6, 6.07) is 9.89. The molecule has 1 aromatic heterocycles. The number of carbonyl (C=O) groups excluding carboxylic acids is 4. The number of fused-ring (bicyclic) bond motifs is 2. The van der Waals surface area contributed by atoms with Gasteiger partial charge in [-0.25, -0.2) is 4.98 Å². The lowest BCUT2D eigenvalue weighted by Crippen LogP contribution is -2.52. The second-order valence-electron chi connectivity index (χ2n) is 7.86. The largest absolute Gasteiger partial charge is 0.443 e. The Morgan fingerprint density at radius 1 is 1.21 bits per heavy atom. The highest BCUT2D eigenvalue weighted by Crippen LogP contribution is 2.28. The molecule has 2 N–H and O–H groups in total. The number of amides is 4. The average Bonchev–Trinajstić information content (AvgIpc) is 3.40. The minimum absolute atomic E-state index is 0.209. The first-order chi connectivity index (χ1) is 16.0. The van der Waals surface area contributed by atoms with Crippen molar-refractivity contribution < 1.29 is 23.6 Å². The van der Waals surface area contributed by atoms with Gasteiger partial charge in [-0.1, -0.05) is 18.1 Å². The van der Waals surface area contributed by atoms with Crippen molar-refractivity contribution >= 4 is 34.7 Å². The van der Waals surface area contributed by atoms with Gasteiger partial charge in [0.25, 0.3) is 11.8 Å². The highest BCUT2D eigenvalue weighted by Gasteiger charge is 2.39. The summed E-state index contributed by atoms with van der Waals surface area (Å²) >= 11 is 0. The van der Waals surface area contributed by atoms with Crippen LogP contribution in [0.25, 0.3) is 11.1 Å². The van der Waals surface area contributed by atoms with Crippen molar-refractivity contribution in [2.75, 3.05) is 0 Å². The molecule has 0 aliphatic carbocycles. The summed E-state index contributed by atoms with van der Waals surface area (Å²) in [6.45, 7) is 0.528. The van der Waals surface area contributed by atoms with Crippen molar-refractivity contribution in [2.24, 2.45) is 0 Å². The summed E-state index contributed by atoms with van der Waals surface area (Å²) in [5.74, 6) is 3.91.